The lowest BCUT2D eigenvalue weighted by molar-refractivity contribution is -0.147. The second kappa shape index (κ2) is 27.0. The summed E-state index contributed by atoms with van der Waals surface area (Å²) in [4.78, 5) is 96.8. The maximum absolute atomic E-state index is 14.7. The van der Waals surface area contributed by atoms with Gasteiger partial charge in [0.2, 0.25) is 35.4 Å². The van der Waals surface area contributed by atoms with Crippen molar-refractivity contribution in [3.8, 4) is 0 Å². The van der Waals surface area contributed by atoms with Crippen molar-refractivity contribution < 1.29 is 38.7 Å². The smallest absolute Gasteiger partial charge is 0.303 e. The summed E-state index contributed by atoms with van der Waals surface area (Å²) in [5, 5.41) is 23.3. The lowest BCUT2D eigenvalue weighted by Gasteiger charge is -2.36. The molecule has 56 heavy (non-hydrogen) atoms. The van der Waals surface area contributed by atoms with E-state index in [0.717, 1.165) is 25.7 Å². The Morgan fingerprint density at radius 1 is 0.625 bits per heavy atom. The number of carboxylic acid groups (broad SMARTS) is 1. The molecule has 0 aliphatic carbocycles. The van der Waals surface area contributed by atoms with Gasteiger partial charge in [-0.3, -0.25) is 33.6 Å². The molecule has 14 nitrogen and oxygen atoms in total. The van der Waals surface area contributed by atoms with E-state index >= 15 is 0 Å². The number of hydrogen-bond donors (Lipinski definition) is 6. The van der Waals surface area contributed by atoms with E-state index in [4.69, 9.17) is 0 Å². The van der Waals surface area contributed by atoms with Crippen molar-refractivity contribution >= 4 is 41.4 Å². The van der Waals surface area contributed by atoms with Crippen molar-refractivity contribution in [1.82, 2.24) is 31.5 Å². The van der Waals surface area contributed by atoms with Crippen LogP contribution in [0.25, 0.3) is 0 Å². The van der Waals surface area contributed by atoms with Crippen molar-refractivity contribution in [3.63, 3.8) is 0 Å². The summed E-state index contributed by atoms with van der Waals surface area (Å²) >= 11 is 0. The SMILES string of the molecule is CCCCCCCCCCCCNC(=O)CN1C(=O)[C@H](CC(C)C)NC(=O)[C@@H](CC(C)C)NC(=O)[C@H](CCC(=O)O)NC(=O)[C@H](C(C)C)NC(=O)[C@H]1CC(C)C. The molecule has 6 N–H and O–H groups in total. The Hall–Kier alpha value is -3.71. The van der Waals surface area contributed by atoms with Crippen molar-refractivity contribution in [2.45, 2.75) is 189 Å². The first-order valence-corrected chi connectivity index (χ1v) is 21.4. The molecule has 0 spiro atoms. The molecule has 0 saturated carbocycles. The first-order valence-electron chi connectivity index (χ1n) is 21.4. The summed E-state index contributed by atoms with van der Waals surface area (Å²) in [5.74, 6) is -5.73. The van der Waals surface area contributed by atoms with Crippen LogP contribution in [0.1, 0.15) is 159 Å². The van der Waals surface area contributed by atoms with Gasteiger partial charge in [-0.15, -0.1) is 0 Å². The van der Waals surface area contributed by atoms with E-state index in [1.807, 2.05) is 41.5 Å². The standard InChI is InChI=1S/C42H76N6O8/c1-10-11-12-13-14-15-16-17-18-19-22-43-35(49)26-48-34(25-29(6)7)40(54)47-37(30(8)9)41(55)44-31(20-21-36(50)51)38(52)45-32(23-27(2)3)39(53)46-33(42(48)56)24-28(4)5/h27-34,37H,10-26H2,1-9H3,(H,43,49)(H,44,55)(H,45,52)(H,46,53)(H,47,54)(H,50,51)/t31-,32+,33-,34+,37-/m0/s1. The highest BCUT2D eigenvalue weighted by molar-refractivity contribution is 5.99. The highest BCUT2D eigenvalue weighted by Gasteiger charge is 2.40. The number of carbonyl (C=O) groups is 7. The monoisotopic (exact) mass is 793 g/mol. The van der Waals surface area contributed by atoms with E-state index in [1.165, 1.54) is 43.4 Å². The minimum absolute atomic E-state index is 0.0715. The molecular formula is C42H76N6O8. The molecular weight excluding hydrogens is 716 g/mol. The lowest BCUT2D eigenvalue weighted by atomic mass is 9.96. The highest BCUT2D eigenvalue weighted by Crippen LogP contribution is 2.19. The minimum atomic E-state index is -1.32. The molecule has 6 amide bonds. The Kier molecular flexibility index (Phi) is 24.3. The molecule has 0 aromatic heterocycles. The number of unbranched alkanes of at least 4 members (excludes halogenated alkanes) is 9. The molecule has 1 saturated heterocycles. The fourth-order valence-corrected chi connectivity index (χ4v) is 6.94. The van der Waals surface area contributed by atoms with E-state index in [0.29, 0.717) is 6.54 Å². The Morgan fingerprint density at radius 3 is 1.62 bits per heavy atom. The van der Waals surface area contributed by atoms with E-state index in [-0.39, 0.29) is 43.4 Å². The van der Waals surface area contributed by atoms with Crippen molar-refractivity contribution in [1.29, 1.82) is 0 Å². The third-order valence-electron chi connectivity index (χ3n) is 10.0. The number of hydrogen-bond acceptors (Lipinski definition) is 7. The van der Waals surface area contributed by atoms with Crippen LogP contribution >= 0.6 is 0 Å². The molecule has 0 bridgehead atoms. The van der Waals surface area contributed by atoms with Crippen LogP contribution in [0.4, 0.5) is 0 Å². The molecule has 0 aromatic rings. The number of nitrogens with one attached hydrogen (secondary N) is 5. The van der Waals surface area contributed by atoms with Crippen LogP contribution < -0.4 is 26.6 Å². The molecule has 0 aromatic carbocycles. The van der Waals surface area contributed by atoms with Gasteiger partial charge in [0.05, 0.1) is 0 Å². The van der Waals surface area contributed by atoms with Crippen molar-refractivity contribution in [2.24, 2.45) is 23.7 Å². The van der Waals surface area contributed by atoms with E-state index in [1.54, 1.807) is 13.8 Å². The molecule has 1 rings (SSSR count). The quantitative estimate of drug-likeness (QED) is 0.0790. The highest BCUT2D eigenvalue weighted by atomic mass is 16.4. The van der Waals surface area contributed by atoms with Gasteiger partial charge in [-0.2, -0.15) is 0 Å². The average Bonchev–Trinajstić information content (AvgIpc) is 3.10. The number of aliphatic carboxylic acids is 1. The number of rotatable bonds is 23. The summed E-state index contributed by atoms with van der Waals surface area (Å²) in [6.45, 7) is 16.9. The zero-order chi connectivity index (χ0) is 42.4. The first-order chi connectivity index (χ1) is 26.4. The molecule has 1 aliphatic rings. The lowest BCUT2D eigenvalue weighted by Crippen LogP contribution is -2.61. The van der Waals surface area contributed by atoms with Gasteiger partial charge in [-0.25, -0.2) is 0 Å². The van der Waals surface area contributed by atoms with Crippen molar-refractivity contribution in [3.05, 3.63) is 0 Å². The normalized spacial score (nSPS) is 21.8. The van der Waals surface area contributed by atoms with Gasteiger partial charge in [0, 0.05) is 13.0 Å². The number of carboxylic acids is 1. The molecule has 322 valence electrons. The molecule has 1 fully saturated rings. The Labute approximate surface area is 336 Å². The van der Waals surface area contributed by atoms with Crippen LogP contribution in [0.15, 0.2) is 0 Å². The van der Waals surface area contributed by atoms with Crippen LogP contribution in [0.2, 0.25) is 0 Å². The number of nitrogens with zero attached hydrogens (tertiary/aromatic N) is 1. The van der Waals surface area contributed by atoms with Gasteiger partial charge in [0.25, 0.3) is 0 Å². The van der Waals surface area contributed by atoms with E-state index in [2.05, 4.69) is 33.5 Å². The molecule has 5 atom stereocenters. The summed E-state index contributed by atoms with van der Waals surface area (Å²) in [6, 6.07) is -5.92. The second-order valence-electron chi connectivity index (χ2n) is 17.2. The zero-order valence-electron chi connectivity index (χ0n) is 36.0. The summed E-state index contributed by atoms with van der Waals surface area (Å²) in [5.41, 5.74) is 0. The number of amides is 6. The zero-order valence-corrected chi connectivity index (χ0v) is 36.0. The van der Waals surface area contributed by atoms with Gasteiger partial charge in [0.15, 0.2) is 0 Å². The molecule has 0 radical (unpaired) electrons. The van der Waals surface area contributed by atoms with Crippen molar-refractivity contribution in [2.75, 3.05) is 13.1 Å². The van der Waals surface area contributed by atoms with Crippen LogP contribution in [0.3, 0.4) is 0 Å². The third kappa shape index (κ3) is 19.9. The second-order valence-corrected chi connectivity index (χ2v) is 17.2. The Morgan fingerprint density at radius 2 is 1.11 bits per heavy atom. The summed E-state index contributed by atoms with van der Waals surface area (Å²) in [7, 11) is 0. The van der Waals surface area contributed by atoms with Crippen LogP contribution in [-0.4, -0.2) is 94.7 Å². The fourth-order valence-electron chi connectivity index (χ4n) is 6.94. The van der Waals surface area contributed by atoms with Gasteiger partial charge in [-0.1, -0.05) is 120 Å². The van der Waals surface area contributed by atoms with Gasteiger partial charge in [-0.05, 0) is 55.8 Å². The van der Waals surface area contributed by atoms with E-state index in [9.17, 15) is 38.7 Å². The molecule has 1 aliphatic heterocycles. The van der Waals surface area contributed by atoms with Gasteiger partial charge < -0.3 is 36.6 Å². The van der Waals surface area contributed by atoms with E-state index < -0.39 is 90.5 Å². The predicted octanol–water partition coefficient (Wildman–Crippen LogP) is 4.83. The fraction of sp³-hybridized carbons (Fsp3) is 0.833. The first kappa shape index (κ1) is 50.3. The van der Waals surface area contributed by atoms with Crippen LogP contribution in [-0.2, 0) is 33.6 Å². The van der Waals surface area contributed by atoms with Gasteiger partial charge in [0.1, 0.15) is 36.8 Å². The summed E-state index contributed by atoms with van der Waals surface area (Å²) in [6.07, 6.45) is 11.3. The maximum Gasteiger partial charge on any atom is 0.303 e. The third-order valence-corrected chi connectivity index (χ3v) is 10.0. The molecule has 1 heterocycles. The molecule has 14 heteroatoms. The van der Waals surface area contributed by atoms with Crippen LogP contribution in [0, 0.1) is 23.7 Å². The van der Waals surface area contributed by atoms with Gasteiger partial charge >= 0.3 is 5.97 Å². The minimum Gasteiger partial charge on any atom is -0.481 e. The topological polar surface area (TPSA) is 203 Å². The van der Waals surface area contributed by atoms with Crippen LogP contribution in [0.5, 0.6) is 0 Å². The Balaban J connectivity index is 3.55. The number of carbonyl (C=O) groups excluding carboxylic acids is 6. The predicted molar refractivity (Wildman–Crippen MR) is 218 cm³/mol. The summed E-state index contributed by atoms with van der Waals surface area (Å²) < 4.78 is 0. The largest absolute Gasteiger partial charge is 0.481 e. The average molecular weight is 793 g/mol. The maximum atomic E-state index is 14.7. The molecule has 0 unspecified atom stereocenters. The Bertz CT molecular complexity index is 1260.